The molecule has 0 spiro atoms. The smallest absolute Gasteiger partial charge is 0.225 e. The van der Waals surface area contributed by atoms with Crippen molar-refractivity contribution in [1.29, 1.82) is 0 Å². The van der Waals surface area contributed by atoms with E-state index in [0.717, 1.165) is 40.6 Å². The highest BCUT2D eigenvalue weighted by Gasteiger charge is 2.31. The number of carbonyl (C=O) groups excluding carboxylic acids is 2. The molecule has 1 fully saturated rings. The lowest BCUT2D eigenvalue weighted by molar-refractivity contribution is -0.127. The maximum Gasteiger partial charge on any atom is 0.225 e. The quantitative estimate of drug-likeness (QED) is 0.753. The second kappa shape index (κ2) is 7.38. The first kappa shape index (κ1) is 18.1. The average molecular weight is 387 g/mol. The van der Waals surface area contributed by atoms with E-state index in [1.54, 1.807) is 17.8 Å². The molecule has 0 bridgehead atoms. The van der Waals surface area contributed by atoms with Gasteiger partial charge in [-0.15, -0.1) is 0 Å². The predicted molar refractivity (Wildman–Crippen MR) is 105 cm³/mol. The summed E-state index contributed by atoms with van der Waals surface area (Å²) >= 11 is 1.54. The summed E-state index contributed by atoms with van der Waals surface area (Å²) < 4.78 is 13.4. The van der Waals surface area contributed by atoms with Crippen molar-refractivity contribution in [3.63, 3.8) is 0 Å². The summed E-state index contributed by atoms with van der Waals surface area (Å²) in [5.74, 6) is -0.382. The number of amides is 2. The fourth-order valence-corrected chi connectivity index (χ4v) is 5.12. The molecule has 3 atom stereocenters. The molecule has 27 heavy (non-hydrogen) atoms. The Morgan fingerprint density at radius 1 is 1.19 bits per heavy atom. The van der Waals surface area contributed by atoms with Crippen molar-refractivity contribution in [2.24, 2.45) is 5.92 Å². The molecule has 142 valence electrons. The van der Waals surface area contributed by atoms with Gasteiger partial charge in [0.25, 0.3) is 0 Å². The van der Waals surface area contributed by atoms with Gasteiger partial charge in [-0.2, -0.15) is 0 Å². The minimum atomic E-state index is -0.255. The summed E-state index contributed by atoms with van der Waals surface area (Å²) in [5, 5.41) is 11.1. The summed E-state index contributed by atoms with van der Waals surface area (Å²) in [7, 11) is 0. The largest absolute Gasteiger partial charge is 0.356 e. The first-order valence-corrected chi connectivity index (χ1v) is 10.1. The molecule has 1 aliphatic carbocycles. The van der Waals surface area contributed by atoms with Crippen LogP contribution >= 0.6 is 11.8 Å². The first-order chi connectivity index (χ1) is 13.0. The molecule has 0 aromatic heterocycles. The molecule has 4 rings (SSSR count). The normalized spacial score (nSPS) is 24.1. The van der Waals surface area contributed by atoms with Gasteiger partial charge in [-0.25, -0.2) is 4.39 Å². The molecule has 1 heterocycles. The second-order valence-corrected chi connectivity index (χ2v) is 8.33. The first-order valence-electron chi connectivity index (χ1n) is 9.22. The van der Waals surface area contributed by atoms with Crippen molar-refractivity contribution in [2.45, 2.75) is 49.0 Å². The Balaban J connectivity index is 1.42. The Kier molecular flexibility index (Phi) is 4.95. The van der Waals surface area contributed by atoms with Gasteiger partial charge in [-0.1, -0.05) is 30.3 Å². The summed E-state index contributed by atoms with van der Waals surface area (Å²) in [4.78, 5) is 25.0. The maximum atomic E-state index is 13.4. The van der Waals surface area contributed by atoms with Crippen molar-refractivity contribution < 1.29 is 14.0 Å². The molecular weight excluding hydrogens is 365 g/mol. The highest BCUT2D eigenvalue weighted by molar-refractivity contribution is 8.00. The Morgan fingerprint density at radius 3 is 2.85 bits per heavy atom. The monoisotopic (exact) mass is 387 g/mol. The SMILES string of the molecule is CC(=O)N[C@H]1CCC[C@@H](C(=O)NC2Nc3ccc4cc(F)ccc4c3S2)C1. The lowest BCUT2D eigenvalue weighted by Gasteiger charge is -2.29. The fourth-order valence-electron chi connectivity index (χ4n) is 3.96. The Morgan fingerprint density at radius 2 is 2.04 bits per heavy atom. The van der Waals surface area contributed by atoms with Crippen molar-refractivity contribution in [2.75, 3.05) is 5.32 Å². The predicted octanol–water partition coefficient (Wildman–Crippen LogP) is 3.59. The lowest BCUT2D eigenvalue weighted by Crippen LogP contribution is -2.44. The minimum absolute atomic E-state index is 0.0122. The van der Waals surface area contributed by atoms with Gasteiger partial charge in [0.15, 0.2) is 5.50 Å². The number of nitrogens with one attached hydrogen (secondary N) is 3. The molecule has 2 aliphatic rings. The molecule has 1 unspecified atom stereocenters. The van der Waals surface area contributed by atoms with E-state index in [-0.39, 0.29) is 35.1 Å². The molecule has 7 heteroatoms. The summed E-state index contributed by atoms with van der Waals surface area (Å²) in [6, 6.07) is 8.64. The summed E-state index contributed by atoms with van der Waals surface area (Å²) in [5.41, 5.74) is 0.702. The van der Waals surface area contributed by atoms with Crippen LogP contribution in [0.1, 0.15) is 32.6 Å². The van der Waals surface area contributed by atoms with Crippen molar-refractivity contribution >= 4 is 40.0 Å². The van der Waals surface area contributed by atoms with Gasteiger partial charge in [-0.3, -0.25) is 9.59 Å². The number of thioether (sulfide) groups is 1. The van der Waals surface area contributed by atoms with Crippen LogP contribution in [-0.2, 0) is 9.59 Å². The number of carbonyl (C=O) groups is 2. The van der Waals surface area contributed by atoms with Gasteiger partial charge in [-0.05, 0) is 48.2 Å². The van der Waals surface area contributed by atoms with E-state index in [2.05, 4.69) is 16.0 Å². The molecule has 3 N–H and O–H groups in total. The third-order valence-electron chi connectivity index (χ3n) is 5.18. The molecule has 1 aliphatic heterocycles. The van der Waals surface area contributed by atoms with E-state index in [0.29, 0.717) is 6.42 Å². The van der Waals surface area contributed by atoms with Crippen LogP contribution in [0.4, 0.5) is 10.1 Å². The highest BCUT2D eigenvalue weighted by Crippen LogP contribution is 2.42. The Bertz CT molecular complexity index is 904. The summed E-state index contributed by atoms with van der Waals surface area (Å²) in [6.07, 6.45) is 3.38. The van der Waals surface area contributed by atoms with Crippen LogP contribution in [0.15, 0.2) is 35.2 Å². The van der Waals surface area contributed by atoms with Crippen LogP contribution in [0.2, 0.25) is 0 Å². The van der Waals surface area contributed by atoms with Crippen LogP contribution in [-0.4, -0.2) is 23.4 Å². The zero-order chi connectivity index (χ0) is 19.0. The molecule has 2 aromatic rings. The minimum Gasteiger partial charge on any atom is -0.356 e. The maximum absolute atomic E-state index is 13.4. The number of anilines is 1. The van der Waals surface area contributed by atoms with Gasteiger partial charge >= 0.3 is 0 Å². The number of hydrogen-bond donors (Lipinski definition) is 3. The van der Waals surface area contributed by atoms with Crippen molar-refractivity contribution in [3.05, 3.63) is 36.1 Å². The van der Waals surface area contributed by atoms with Gasteiger partial charge in [0, 0.05) is 23.8 Å². The van der Waals surface area contributed by atoms with E-state index < -0.39 is 0 Å². The van der Waals surface area contributed by atoms with Gasteiger partial charge in [0.05, 0.1) is 5.69 Å². The third-order valence-corrected chi connectivity index (χ3v) is 6.33. The van der Waals surface area contributed by atoms with Crippen molar-refractivity contribution in [1.82, 2.24) is 10.6 Å². The Hall–Kier alpha value is -2.28. The molecular formula is C20H22FN3O2S. The van der Waals surface area contributed by atoms with E-state index in [4.69, 9.17) is 0 Å². The summed E-state index contributed by atoms with van der Waals surface area (Å²) in [6.45, 7) is 1.51. The van der Waals surface area contributed by atoms with Crippen LogP contribution in [0.5, 0.6) is 0 Å². The molecule has 1 saturated carbocycles. The number of halogens is 1. The number of fused-ring (bicyclic) bond motifs is 3. The lowest BCUT2D eigenvalue weighted by atomic mass is 9.85. The molecule has 5 nitrogen and oxygen atoms in total. The fraction of sp³-hybridized carbons (Fsp3) is 0.400. The number of benzene rings is 2. The van der Waals surface area contributed by atoms with E-state index >= 15 is 0 Å². The Labute approximate surface area is 161 Å². The molecule has 0 radical (unpaired) electrons. The zero-order valence-electron chi connectivity index (χ0n) is 15.0. The topological polar surface area (TPSA) is 70.2 Å². The van der Waals surface area contributed by atoms with Crippen LogP contribution in [0.25, 0.3) is 10.8 Å². The van der Waals surface area contributed by atoms with Gasteiger partial charge < -0.3 is 16.0 Å². The molecule has 2 aromatic carbocycles. The van der Waals surface area contributed by atoms with Gasteiger partial charge in [0.1, 0.15) is 5.82 Å². The third kappa shape index (κ3) is 3.88. The standard InChI is InChI=1S/C20H22FN3O2S/c1-11(25)22-15-4-2-3-13(10-15)19(26)24-20-23-17-8-5-12-9-14(21)6-7-16(12)18(17)27-20/h5-9,13,15,20,23H,2-4,10H2,1H3,(H,22,25)(H,24,26)/t13-,15+,20?/m1/s1. The van der Waals surface area contributed by atoms with Crippen LogP contribution in [0.3, 0.4) is 0 Å². The van der Waals surface area contributed by atoms with Gasteiger partial charge in [0.2, 0.25) is 11.8 Å². The molecule has 0 saturated heterocycles. The van der Waals surface area contributed by atoms with E-state index in [1.165, 1.54) is 19.1 Å². The highest BCUT2D eigenvalue weighted by atomic mass is 32.2. The number of hydrogen-bond acceptors (Lipinski definition) is 4. The van der Waals surface area contributed by atoms with E-state index in [1.807, 2.05) is 12.1 Å². The second-order valence-electron chi connectivity index (χ2n) is 7.22. The van der Waals surface area contributed by atoms with E-state index in [9.17, 15) is 14.0 Å². The number of rotatable bonds is 3. The zero-order valence-corrected chi connectivity index (χ0v) is 15.9. The van der Waals surface area contributed by atoms with Crippen molar-refractivity contribution in [3.8, 4) is 0 Å². The average Bonchev–Trinajstić information content (AvgIpc) is 3.03. The van der Waals surface area contributed by atoms with Crippen LogP contribution < -0.4 is 16.0 Å². The van der Waals surface area contributed by atoms with Crippen LogP contribution in [0, 0.1) is 11.7 Å². The molecule has 2 amide bonds.